The molecule has 0 aliphatic heterocycles. The van der Waals surface area contributed by atoms with Gasteiger partial charge in [-0.05, 0) is 50.6 Å². The Morgan fingerprint density at radius 2 is 1.92 bits per heavy atom. The molecular formula is C19H27FIN3O2. The highest BCUT2D eigenvalue weighted by atomic mass is 127. The minimum Gasteiger partial charge on any atom is -0.464 e. The molecule has 0 amide bonds. The van der Waals surface area contributed by atoms with Gasteiger partial charge in [0.05, 0.1) is 12.6 Å². The van der Waals surface area contributed by atoms with Crippen molar-refractivity contribution in [3.8, 4) is 0 Å². The van der Waals surface area contributed by atoms with Crippen LogP contribution in [0.1, 0.15) is 43.1 Å². The molecule has 144 valence electrons. The minimum atomic E-state index is -0.264. The third-order valence-corrected chi connectivity index (χ3v) is 3.83. The quantitative estimate of drug-likeness (QED) is 0.355. The third-order valence-electron chi connectivity index (χ3n) is 3.83. The summed E-state index contributed by atoms with van der Waals surface area (Å²) in [4.78, 5) is 4.59. The van der Waals surface area contributed by atoms with E-state index in [4.69, 9.17) is 9.15 Å². The molecule has 0 saturated carbocycles. The van der Waals surface area contributed by atoms with Crippen LogP contribution in [-0.4, -0.2) is 26.2 Å². The average Bonchev–Trinajstić information content (AvgIpc) is 3.03. The number of guanidine groups is 1. The van der Waals surface area contributed by atoms with Crippen molar-refractivity contribution in [3.05, 3.63) is 59.3 Å². The Morgan fingerprint density at radius 1 is 1.23 bits per heavy atom. The van der Waals surface area contributed by atoms with Gasteiger partial charge < -0.3 is 19.8 Å². The highest BCUT2D eigenvalue weighted by Gasteiger charge is 2.13. The summed E-state index contributed by atoms with van der Waals surface area (Å²) in [5.74, 6) is 2.14. The highest BCUT2D eigenvalue weighted by molar-refractivity contribution is 14.0. The lowest BCUT2D eigenvalue weighted by Gasteiger charge is -2.18. The van der Waals surface area contributed by atoms with Crippen molar-refractivity contribution in [1.29, 1.82) is 0 Å². The van der Waals surface area contributed by atoms with Crippen LogP contribution in [0.2, 0.25) is 0 Å². The monoisotopic (exact) mass is 475 g/mol. The highest BCUT2D eigenvalue weighted by Crippen LogP contribution is 2.18. The number of rotatable bonds is 7. The van der Waals surface area contributed by atoms with Crippen molar-refractivity contribution in [2.45, 2.75) is 32.9 Å². The van der Waals surface area contributed by atoms with E-state index in [1.807, 2.05) is 32.9 Å². The zero-order valence-electron chi connectivity index (χ0n) is 15.6. The molecule has 0 aliphatic carbocycles. The Morgan fingerprint density at radius 3 is 2.46 bits per heavy atom. The van der Waals surface area contributed by atoms with E-state index < -0.39 is 0 Å². The Labute approximate surface area is 171 Å². The SMILES string of the molecule is CCNC(=NCC(OC)c1ccc(F)cc1)NC(C)c1ccc(C)o1.I. The summed E-state index contributed by atoms with van der Waals surface area (Å²) in [5.41, 5.74) is 0.887. The molecule has 1 aromatic heterocycles. The third kappa shape index (κ3) is 6.60. The standard InChI is InChI=1S/C19H26FN3O2.HI/c1-5-21-19(23-14(3)17-11-6-13(2)25-17)22-12-18(24-4)15-7-9-16(20)10-8-15;/h6-11,14,18H,5,12H2,1-4H3,(H2,21,22,23);1H. The fraction of sp³-hybridized carbons (Fsp3) is 0.421. The summed E-state index contributed by atoms with van der Waals surface area (Å²) in [6.07, 6.45) is -0.239. The predicted octanol–water partition coefficient (Wildman–Crippen LogP) is 4.35. The van der Waals surface area contributed by atoms with Gasteiger partial charge in [-0.25, -0.2) is 4.39 Å². The van der Waals surface area contributed by atoms with Gasteiger partial charge in [0.2, 0.25) is 0 Å². The lowest BCUT2D eigenvalue weighted by Crippen LogP contribution is -2.39. The number of nitrogens with zero attached hydrogens (tertiary/aromatic N) is 1. The van der Waals surface area contributed by atoms with E-state index in [1.54, 1.807) is 19.2 Å². The fourth-order valence-corrected chi connectivity index (χ4v) is 2.45. The van der Waals surface area contributed by atoms with Gasteiger partial charge in [0, 0.05) is 13.7 Å². The first kappa shape index (κ1) is 22.4. The number of hydrogen-bond acceptors (Lipinski definition) is 3. The maximum Gasteiger partial charge on any atom is 0.191 e. The second-order valence-electron chi connectivity index (χ2n) is 5.81. The molecule has 0 spiro atoms. The Balaban J connectivity index is 0.00000338. The van der Waals surface area contributed by atoms with Gasteiger partial charge in [0.1, 0.15) is 23.4 Å². The van der Waals surface area contributed by atoms with E-state index in [9.17, 15) is 4.39 Å². The van der Waals surface area contributed by atoms with Gasteiger partial charge in [0.25, 0.3) is 0 Å². The largest absolute Gasteiger partial charge is 0.464 e. The molecule has 5 nitrogen and oxygen atoms in total. The fourth-order valence-electron chi connectivity index (χ4n) is 2.45. The summed E-state index contributed by atoms with van der Waals surface area (Å²) in [5, 5.41) is 6.53. The number of benzene rings is 1. The molecule has 0 aliphatic rings. The second-order valence-corrected chi connectivity index (χ2v) is 5.81. The number of methoxy groups -OCH3 is 1. The first-order valence-corrected chi connectivity index (χ1v) is 8.43. The van der Waals surface area contributed by atoms with Crippen LogP contribution in [-0.2, 0) is 4.74 Å². The van der Waals surface area contributed by atoms with Crippen molar-refractivity contribution in [2.75, 3.05) is 20.2 Å². The van der Waals surface area contributed by atoms with Gasteiger partial charge in [-0.2, -0.15) is 0 Å². The molecule has 0 radical (unpaired) electrons. The Hall–Kier alpha value is -1.61. The molecule has 0 bridgehead atoms. The van der Waals surface area contributed by atoms with E-state index in [-0.39, 0.29) is 41.9 Å². The molecule has 1 heterocycles. The van der Waals surface area contributed by atoms with Crippen LogP contribution in [0.15, 0.2) is 45.8 Å². The first-order chi connectivity index (χ1) is 12.0. The number of nitrogens with one attached hydrogen (secondary N) is 2. The molecule has 7 heteroatoms. The average molecular weight is 475 g/mol. The molecular weight excluding hydrogens is 448 g/mol. The molecule has 2 unspecified atom stereocenters. The lowest BCUT2D eigenvalue weighted by molar-refractivity contribution is 0.111. The molecule has 2 rings (SSSR count). The number of furan rings is 1. The Bertz CT molecular complexity index is 688. The molecule has 1 aromatic carbocycles. The van der Waals surface area contributed by atoms with Crippen LogP contribution in [0.4, 0.5) is 4.39 Å². The van der Waals surface area contributed by atoms with Crippen molar-refractivity contribution in [3.63, 3.8) is 0 Å². The molecule has 2 aromatic rings. The van der Waals surface area contributed by atoms with Crippen molar-refractivity contribution >= 4 is 29.9 Å². The van der Waals surface area contributed by atoms with Crippen molar-refractivity contribution in [1.82, 2.24) is 10.6 Å². The van der Waals surface area contributed by atoms with Crippen LogP contribution in [0.25, 0.3) is 0 Å². The zero-order chi connectivity index (χ0) is 18.2. The summed E-state index contributed by atoms with van der Waals surface area (Å²) in [6, 6.07) is 10.2. The van der Waals surface area contributed by atoms with Gasteiger partial charge in [-0.15, -0.1) is 24.0 Å². The van der Waals surface area contributed by atoms with Crippen LogP contribution in [0.5, 0.6) is 0 Å². The second kappa shape index (κ2) is 11.2. The predicted molar refractivity (Wildman–Crippen MR) is 113 cm³/mol. The molecule has 26 heavy (non-hydrogen) atoms. The van der Waals surface area contributed by atoms with Gasteiger partial charge in [-0.3, -0.25) is 4.99 Å². The number of aryl methyl sites for hydroxylation is 1. The smallest absolute Gasteiger partial charge is 0.191 e. The maximum absolute atomic E-state index is 13.1. The van der Waals surface area contributed by atoms with Crippen molar-refractivity contribution in [2.24, 2.45) is 4.99 Å². The summed E-state index contributed by atoms with van der Waals surface area (Å²) in [7, 11) is 1.62. The Kier molecular flexibility index (Phi) is 9.64. The van der Waals surface area contributed by atoms with Gasteiger partial charge in [0.15, 0.2) is 5.96 Å². The topological polar surface area (TPSA) is 58.8 Å². The number of hydrogen-bond donors (Lipinski definition) is 2. The van der Waals surface area contributed by atoms with E-state index in [0.717, 1.165) is 23.6 Å². The van der Waals surface area contributed by atoms with E-state index >= 15 is 0 Å². The number of halogens is 2. The van der Waals surface area contributed by atoms with Crippen LogP contribution in [0, 0.1) is 12.7 Å². The molecule has 0 saturated heterocycles. The summed E-state index contributed by atoms with van der Waals surface area (Å²) >= 11 is 0. The van der Waals surface area contributed by atoms with Gasteiger partial charge >= 0.3 is 0 Å². The first-order valence-electron chi connectivity index (χ1n) is 8.43. The van der Waals surface area contributed by atoms with Gasteiger partial charge in [-0.1, -0.05) is 12.1 Å². The van der Waals surface area contributed by atoms with Crippen LogP contribution >= 0.6 is 24.0 Å². The van der Waals surface area contributed by atoms with E-state index in [1.165, 1.54) is 12.1 Å². The van der Waals surface area contributed by atoms with Crippen LogP contribution < -0.4 is 10.6 Å². The zero-order valence-corrected chi connectivity index (χ0v) is 17.9. The summed E-state index contributed by atoms with van der Waals surface area (Å²) in [6.45, 7) is 7.10. The lowest BCUT2D eigenvalue weighted by atomic mass is 10.1. The number of ether oxygens (including phenoxy) is 1. The molecule has 2 N–H and O–H groups in total. The van der Waals surface area contributed by atoms with Crippen LogP contribution in [0.3, 0.4) is 0 Å². The normalized spacial score (nSPS) is 13.7. The van der Waals surface area contributed by atoms with E-state index in [2.05, 4.69) is 15.6 Å². The minimum absolute atomic E-state index is 0. The molecule has 2 atom stereocenters. The summed E-state index contributed by atoms with van der Waals surface area (Å²) < 4.78 is 24.2. The number of aliphatic imine (C=N–C) groups is 1. The van der Waals surface area contributed by atoms with E-state index in [0.29, 0.717) is 12.5 Å². The van der Waals surface area contributed by atoms with Crippen molar-refractivity contribution < 1.29 is 13.5 Å². The maximum atomic E-state index is 13.1. The molecule has 0 fully saturated rings.